The van der Waals surface area contributed by atoms with E-state index in [4.69, 9.17) is 21.1 Å². The van der Waals surface area contributed by atoms with Crippen molar-refractivity contribution < 1.29 is 19.1 Å². The Balaban J connectivity index is 1.29. The molecule has 5 aromatic rings. The van der Waals surface area contributed by atoms with Gasteiger partial charge in [-0.1, -0.05) is 72.3 Å². The van der Waals surface area contributed by atoms with Crippen LogP contribution in [0, 0.1) is 0 Å². The van der Waals surface area contributed by atoms with E-state index in [1.54, 1.807) is 6.20 Å². The van der Waals surface area contributed by atoms with Crippen LogP contribution in [-0.4, -0.2) is 34.4 Å². The van der Waals surface area contributed by atoms with Crippen LogP contribution in [0.15, 0.2) is 103 Å². The summed E-state index contributed by atoms with van der Waals surface area (Å²) in [6.07, 6.45) is 1.91. The Hall–Kier alpha value is -4.62. The lowest BCUT2D eigenvalue weighted by Gasteiger charge is -2.16. The Morgan fingerprint density at radius 1 is 0.897 bits per heavy atom. The number of halogens is 1. The van der Waals surface area contributed by atoms with Crippen molar-refractivity contribution >= 4 is 29.1 Å². The number of hydrogen-bond donors (Lipinski definition) is 1. The van der Waals surface area contributed by atoms with Crippen LogP contribution in [-0.2, 0) is 22.6 Å². The molecule has 0 saturated carbocycles. The van der Waals surface area contributed by atoms with Crippen molar-refractivity contribution in [1.82, 2.24) is 14.7 Å². The van der Waals surface area contributed by atoms with Crippen LogP contribution in [0.3, 0.4) is 0 Å². The molecule has 1 N–H and O–H groups in total. The first kappa shape index (κ1) is 26.0. The van der Waals surface area contributed by atoms with E-state index >= 15 is 0 Å². The predicted molar refractivity (Wildman–Crippen MR) is 150 cm³/mol. The van der Waals surface area contributed by atoms with Gasteiger partial charge in [0, 0.05) is 17.6 Å². The second-order valence-corrected chi connectivity index (χ2v) is 9.38. The molecule has 0 saturated heterocycles. The summed E-state index contributed by atoms with van der Waals surface area (Å²) in [6, 6.07) is 29.5. The number of nitrogens with one attached hydrogen (secondary N) is 1. The number of ether oxygens (including phenoxy) is 2. The molecule has 3 aromatic carbocycles. The summed E-state index contributed by atoms with van der Waals surface area (Å²) in [7, 11) is 1.30. The Kier molecular flexibility index (Phi) is 7.89. The number of pyridine rings is 1. The van der Waals surface area contributed by atoms with E-state index in [9.17, 15) is 9.59 Å². The van der Waals surface area contributed by atoms with E-state index in [0.717, 1.165) is 22.4 Å². The maximum atomic E-state index is 13.2. The molecule has 0 unspecified atom stereocenters. The van der Waals surface area contributed by atoms with Crippen molar-refractivity contribution in [2.75, 3.05) is 7.11 Å². The minimum Gasteiger partial charge on any atom is -0.489 e. The molecule has 0 fully saturated rings. The van der Waals surface area contributed by atoms with Crippen LogP contribution >= 0.6 is 11.6 Å². The van der Waals surface area contributed by atoms with Crippen molar-refractivity contribution in [2.45, 2.75) is 19.1 Å². The van der Waals surface area contributed by atoms with Gasteiger partial charge in [-0.3, -0.25) is 9.20 Å². The number of fused-ring (bicyclic) bond motifs is 1. The summed E-state index contributed by atoms with van der Waals surface area (Å²) in [5.41, 5.74) is 4.50. The maximum absolute atomic E-state index is 13.2. The van der Waals surface area contributed by atoms with Crippen LogP contribution in [0.5, 0.6) is 5.75 Å². The van der Waals surface area contributed by atoms with Gasteiger partial charge in [0.15, 0.2) is 0 Å². The van der Waals surface area contributed by atoms with Gasteiger partial charge < -0.3 is 14.8 Å². The van der Waals surface area contributed by atoms with Crippen molar-refractivity contribution in [2.24, 2.45) is 0 Å². The van der Waals surface area contributed by atoms with Crippen LogP contribution in [0.1, 0.15) is 21.6 Å². The summed E-state index contributed by atoms with van der Waals surface area (Å²) in [4.78, 5) is 30.2. The molecule has 2 heterocycles. The van der Waals surface area contributed by atoms with E-state index in [2.05, 4.69) is 10.3 Å². The molecular formula is C31H26ClN3O4. The number of carbonyl (C=O) groups excluding carboxylic acids is 2. The Morgan fingerprint density at radius 3 is 2.36 bits per heavy atom. The molecule has 0 spiro atoms. The first-order chi connectivity index (χ1) is 19.0. The van der Waals surface area contributed by atoms with Gasteiger partial charge in [-0.25, -0.2) is 9.78 Å². The number of benzene rings is 3. The highest BCUT2D eigenvalue weighted by atomic mass is 35.5. The Labute approximate surface area is 231 Å². The van der Waals surface area contributed by atoms with Crippen LogP contribution in [0.4, 0.5) is 0 Å². The number of rotatable bonds is 9. The lowest BCUT2D eigenvalue weighted by atomic mass is 10.1. The van der Waals surface area contributed by atoms with Crippen LogP contribution in [0.2, 0.25) is 5.02 Å². The number of amides is 1. The quantitative estimate of drug-likeness (QED) is 0.241. The third-order valence-electron chi connectivity index (χ3n) is 6.27. The third-order valence-corrected chi connectivity index (χ3v) is 6.52. The van der Waals surface area contributed by atoms with Gasteiger partial charge in [-0.15, -0.1) is 0 Å². The normalized spacial score (nSPS) is 11.6. The van der Waals surface area contributed by atoms with Gasteiger partial charge in [-0.05, 0) is 53.1 Å². The highest BCUT2D eigenvalue weighted by Gasteiger charge is 2.24. The van der Waals surface area contributed by atoms with Crippen molar-refractivity contribution in [3.05, 3.63) is 125 Å². The van der Waals surface area contributed by atoms with Crippen LogP contribution in [0.25, 0.3) is 16.9 Å². The Bertz CT molecular complexity index is 1580. The second kappa shape index (κ2) is 11.8. The number of aromatic nitrogens is 2. The number of nitrogens with zero attached hydrogens (tertiary/aromatic N) is 2. The van der Waals surface area contributed by atoms with Gasteiger partial charge >= 0.3 is 5.97 Å². The fourth-order valence-electron chi connectivity index (χ4n) is 4.24. The Morgan fingerprint density at radius 2 is 1.64 bits per heavy atom. The molecule has 0 aliphatic rings. The van der Waals surface area contributed by atoms with Crippen molar-refractivity contribution in [3.8, 4) is 17.0 Å². The molecule has 2 aromatic heterocycles. The molecule has 0 aliphatic heterocycles. The maximum Gasteiger partial charge on any atom is 0.328 e. The molecule has 196 valence electrons. The number of methoxy groups -OCH3 is 1. The largest absolute Gasteiger partial charge is 0.489 e. The van der Waals surface area contributed by atoms with Crippen molar-refractivity contribution in [3.63, 3.8) is 0 Å². The summed E-state index contributed by atoms with van der Waals surface area (Å²) in [5, 5.41) is 3.42. The van der Waals surface area contributed by atoms with E-state index in [0.29, 0.717) is 23.0 Å². The van der Waals surface area contributed by atoms with Gasteiger partial charge in [0.05, 0.1) is 12.8 Å². The summed E-state index contributed by atoms with van der Waals surface area (Å²) in [6.45, 7) is 0.458. The summed E-state index contributed by atoms with van der Waals surface area (Å²) in [5.74, 6) is -0.306. The SMILES string of the molecule is COC(=O)[C@H](Cc1ccc(OCc2ccccc2)cc1)NC(=O)c1cn2c(-c3ccc(Cl)cc3)cccc2n1. The molecular weight excluding hydrogens is 514 g/mol. The topological polar surface area (TPSA) is 81.9 Å². The fraction of sp³-hybridized carbons (Fsp3) is 0.129. The van der Waals surface area contributed by atoms with Crippen molar-refractivity contribution in [1.29, 1.82) is 0 Å². The molecule has 5 rings (SSSR count). The number of imidazole rings is 1. The fourth-order valence-corrected chi connectivity index (χ4v) is 4.37. The summed E-state index contributed by atoms with van der Waals surface area (Å²) < 4.78 is 12.6. The molecule has 1 amide bonds. The molecule has 0 aliphatic carbocycles. The standard InChI is InChI=1S/C31H26ClN3O4/c1-38-31(37)26(18-21-10-16-25(17-11-21)39-20-22-6-3-2-4-7-22)34-30(36)27-19-35-28(8-5-9-29(35)33-27)23-12-14-24(32)15-13-23/h2-17,19,26H,18,20H2,1H3,(H,34,36)/t26-/m0/s1. The van der Waals surface area contributed by atoms with E-state index in [-0.39, 0.29) is 12.1 Å². The predicted octanol–water partition coefficient (Wildman–Crippen LogP) is 5.75. The average molecular weight is 540 g/mol. The molecule has 7 nitrogen and oxygen atoms in total. The number of carbonyl (C=O) groups is 2. The van der Waals surface area contributed by atoms with Gasteiger partial charge in [0.1, 0.15) is 29.7 Å². The molecule has 8 heteroatoms. The molecule has 1 atom stereocenters. The van der Waals surface area contributed by atoms with E-state index in [1.807, 2.05) is 101 Å². The monoisotopic (exact) mass is 539 g/mol. The average Bonchev–Trinajstić information content (AvgIpc) is 3.42. The third kappa shape index (κ3) is 6.27. The van der Waals surface area contributed by atoms with E-state index in [1.165, 1.54) is 7.11 Å². The highest BCUT2D eigenvalue weighted by molar-refractivity contribution is 6.30. The summed E-state index contributed by atoms with van der Waals surface area (Å²) >= 11 is 6.04. The minimum atomic E-state index is -0.890. The molecule has 0 radical (unpaired) electrons. The second-order valence-electron chi connectivity index (χ2n) is 8.94. The number of hydrogen-bond acceptors (Lipinski definition) is 5. The zero-order chi connectivity index (χ0) is 27.2. The number of esters is 1. The first-order valence-corrected chi connectivity index (χ1v) is 12.8. The zero-order valence-electron chi connectivity index (χ0n) is 21.2. The molecule has 0 bridgehead atoms. The van der Waals surface area contributed by atoms with Gasteiger partial charge in [-0.2, -0.15) is 0 Å². The zero-order valence-corrected chi connectivity index (χ0v) is 22.0. The van der Waals surface area contributed by atoms with Crippen LogP contribution < -0.4 is 10.1 Å². The highest BCUT2D eigenvalue weighted by Crippen LogP contribution is 2.23. The smallest absolute Gasteiger partial charge is 0.328 e. The van der Waals surface area contributed by atoms with Gasteiger partial charge in [0.2, 0.25) is 0 Å². The lowest BCUT2D eigenvalue weighted by Crippen LogP contribution is -2.43. The minimum absolute atomic E-state index is 0.190. The first-order valence-electron chi connectivity index (χ1n) is 12.4. The lowest BCUT2D eigenvalue weighted by molar-refractivity contribution is -0.142. The van der Waals surface area contributed by atoms with Gasteiger partial charge in [0.25, 0.3) is 5.91 Å². The van der Waals surface area contributed by atoms with E-state index < -0.39 is 17.9 Å². The molecule has 39 heavy (non-hydrogen) atoms.